The van der Waals surface area contributed by atoms with Crippen molar-refractivity contribution in [1.82, 2.24) is 4.90 Å². The third-order valence-electron chi connectivity index (χ3n) is 2.57. The molecule has 19 heavy (non-hydrogen) atoms. The van der Waals surface area contributed by atoms with Crippen LogP contribution in [0.1, 0.15) is 13.8 Å². The second kappa shape index (κ2) is 7.76. The lowest BCUT2D eigenvalue weighted by molar-refractivity contribution is -0.117. The summed E-state index contributed by atoms with van der Waals surface area (Å²) in [6.45, 7) is 5.64. The largest absolute Gasteiger partial charge is 0.397 e. The number of benzene rings is 1. The molecule has 0 fully saturated rings. The summed E-state index contributed by atoms with van der Waals surface area (Å²) in [7, 11) is 1.89. The van der Waals surface area contributed by atoms with E-state index in [4.69, 9.17) is 10.5 Å². The molecule has 1 rings (SSSR count). The molecule has 5 heteroatoms. The Morgan fingerprint density at radius 3 is 2.74 bits per heavy atom. The average Bonchev–Trinajstić information content (AvgIpc) is 2.31. The first-order valence-corrected chi connectivity index (χ1v) is 6.43. The normalized spacial score (nSPS) is 11.0. The lowest BCUT2D eigenvalue weighted by Gasteiger charge is -2.17. The number of amides is 1. The highest BCUT2D eigenvalue weighted by atomic mass is 16.5. The minimum Gasteiger partial charge on any atom is -0.397 e. The van der Waals surface area contributed by atoms with Gasteiger partial charge in [0.05, 0.1) is 30.6 Å². The number of hydrogen-bond donors (Lipinski definition) is 2. The molecule has 0 atom stereocenters. The molecule has 0 radical (unpaired) electrons. The first-order valence-electron chi connectivity index (χ1n) is 6.43. The summed E-state index contributed by atoms with van der Waals surface area (Å²) >= 11 is 0. The number of para-hydroxylation sites is 2. The Bertz CT molecular complexity index is 407. The van der Waals surface area contributed by atoms with E-state index in [9.17, 15) is 4.79 Å². The Balaban J connectivity index is 2.33. The van der Waals surface area contributed by atoms with E-state index in [0.717, 1.165) is 6.54 Å². The maximum Gasteiger partial charge on any atom is 0.238 e. The number of hydrogen-bond acceptors (Lipinski definition) is 4. The van der Waals surface area contributed by atoms with Crippen LogP contribution < -0.4 is 11.1 Å². The van der Waals surface area contributed by atoms with Gasteiger partial charge in [0.15, 0.2) is 0 Å². The van der Waals surface area contributed by atoms with Crippen molar-refractivity contribution in [2.75, 3.05) is 37.8 Å². The Labute approximate surface area is 114 Å². The van der Waals surface area contributed by atoms with E-state index in [-0.39, 0.29) is 12.0 Å². The summed E-state index contributed by atoms with van der Waals surface area (Å²) in [5.74, 6) is -0.0788. The quantitative estimate of drug-likeness (QED) is 0.734. The van der Waals surface area contributed by atoms with Crippen LogP contribution in [0.2, 0.25) is 0 Å². The first-order chi connectivity index (χ1) is 8.99. The third kappa shape index (κ3) is 6.22. The standard InChI is InChI=1S/C14H23N3O2/c1-11(2)19-9-8-17(3)10-14(18)16-13-7-5-4-6-12(13)15/h4-7,11H,8-10,15H2,1-3H3,(H,16,18). The maximum absolute atomic E-state index is 11.8. The molecular formula is C14H23N3O2. The van der Waals surface area contributed by atoms with Gasteiger partial charge in [-0.3, -0.25) is 9.69 Å². The van der Waals surface area contributed by atoms with E-state index in [1.807, 2.05) is 37.9 Å². The number of carbonyl (C=O) groups is 1. The molecule has 0 heterocycles. The van der Waals surface area contributed by atoms with E-state index >= 15 is 0 Å². The Morgan fingerprint density at radius 2 is 2.11 bits per heavy atom. The average molecular weight is 265 g/mol. The van der Waals surface area contributed by atoms with Gasteiger partial charge < -0.3 is 15.8 Å². The van der Waals surface area contributed by atoms with Crippen LogP contribution in [-0.2, 0) is 9.53 Å². The Hall–Kier alpha value is -1.59. The minimum atomic E-state index is -0.0788. The fourth-order valence-corrected chi connectivity index (χ4v) is 1.57. The molecule has 0 bridgehead atoms. The molecule has 0 unspecified atom stereocenters. The highest BCUT2D eigenvalue weighted by Gasteiger charge is 2.08. The molecule has 0 spiro atoms. The van der Waals surface area contributed by atoms with Gasteiger partial charge in [-0.15, -0.1) is 0 Å². The van der Waals surface area contributed by atoms with Crippen LogP contribution in [0.15, 0.2) is 24.3 Å². The van der Waals surface area contributed by atoms with Gasteiger partial charge in [0.1, 0.15) is 0 Å². The van der Waals surface area contributed by atoms with E-state index in [1.165, 1.54) is 0 Å². The summed E-state index contributed by atoms with van der Waals surface area (Å²) < 4.78 is 5.44. The molecule has 106 valence electrons. The maximum atomic E-state index is 11.8. The van der Waals surface area contributed by atoms with Gasteiger partial charge in [0, 0.05) is 6.54 Å². The number of nitrogen functional groups attached to an aromatic ring is 1. The number of nitrogens with two attached hydrogens (primary N) is 1. The Morgan fingerprint density at radius 1 is 1.42 bits per heavy atom. The summed E-state index contributed by atoms with van der Waals surface area (Å²) in [6.07, 6.45) is 0.214. The van der Waals surface area contributed by atoms with Crippen molar-refractivity contribution in [1.29, 1.82) is 0 Å². The molecular weight excluding hydrogens is 242 g/mol. The molecule has 3 N–H and O–H groups in total. The second-order valence-corrected chi connectivity index (χ2v) is 4.79. The number of ether oxygens (including phenoxy) is 1. The van der Waals surface area contributed by atoms with Gasteiger partial charge in [-0.1, -0.05) is 12.1 Å². The smallest absolute Gasteiger partial charge is 0.238 e. The molecule has 0 saturated heterocycles. The van der Waals surface area contributed by atoms with Gasteiger partial charge in [-0.25, -0.2) is 0 Å². The molecule has 0 aromatic heterocycles. The van der Waals surface area contributed by atoms with E-state index in [2.05, 4.69) is 5.32 Å². The van der Waals surface area contributed by atoms with Gasteiger partial charge in [-0.05, 0) is 33.0 Å². The SMILES string of the molecule is CC(C)OCCN(C)CC(=O)Nc1ccccc1N. The van der Waals surface area contributed by atoms with Crippen LogP contribution >= 0.6 is 0 Å². The fraction of sp³-hybridized carbons (Fsp3) is 0.500. The van der Waals surface area contributed by atoms with Crippen molar-refractivity contribution in [2.45, 2.75) is 20.0 Å². The summed E-state index contributed by atoms with van der Waals surface area (Å²) in [6, 6.07) is 7.22. The van der Waals surface area contributed by atoms with Crippen LogP contribution in [0.4, 0.5) is 11.4 Å². The van der Waals surface area contributed by atoms with Crippen LogP contribution in [-0.4, -0.2) is 43.7 Å². The number of nitrogens with one attached hydrogen (secondary N) is 1. The van der Waals surface area contributed by atoms with Crippen LogP contribution in [0.5, 0.6) is 0 Å². The fourth-order valence-electron chi connectivity index (χ4n) is 1.57. The third-order valence-corrected chi connectivity index (χ3v) is 2.57. The van der Waals surface area contributed by atoms with E-state index < -0.39 is 0 Å². The van der Waals surface area contributed by atoms with Crippen LogP contribution in [0.3, 0.4) is 0 Å². The van der Waals surface area contributed by atoms with Crippen molar-refractivity contribution >= 4 is 17.3 Å². The van der Waals surface area contributed by atoms with Gasteiger partial charge in [0.2, 0.25) is 5.91 Å². The summed E-state index contributed by atoms with van der Waals surface area (Å²) in [5.41, 5.74) is 6.99. The molecule has 5 nitrogen and oxygen atoms in total. The molecule has 0 aliphatic carbocycles. The summed E-state index contributed by atoms with van der Waals surface area (Å²) in [4.78, 5) is 13.7. The van der Waals surface area contributed by atoms with E-state index in [1.54, 1.807) is 12.1 Å². The zero-order valence-electron chi connectivity index (χ0n) is 11.8. The minimum absolute atomic E-state index is 0.0788. The molecule has 1 aromatic rings. The number of anilines is 2. The molecule has 1 aromatic carbocycles. The lowest BCUT2D eigenvalue weighted by Crippen LogP contribution is -2.33. The second-order valence-electron chi connectivity index (χ2n) is 4.79. The van der Waals surface area contributed by atoms with Crippen molar-refractivity contribution in [3.05, 3.63) is 24.3 Å². The van der Waals surface area contributed by atoms with Gasteiger partial charge >= 0.3 is 0 Å². The first kappa shape index (κ1) is 15.5. The highest BCUT2D eigenvalue weighted by molar-refractivity contribution is 5.95. The predicted octanol–water partition coefficient (Wildman–Crippen LogP) is 1.56. The molecule has 0 aliphatic heterocycles. The number of likely N-dealkylation sites (N-methyl/N-ethyl adjacent to an activating group) is 1. The number of nitrogens with zero attached hydrogens (tertiary/aromatic N) is 1. The lowest BCUT2D eigenvalue weighted by atomic mass is 10.2. The number of rotatable bonds is 7. The molecule has 0 aliphatic rings. The van der Waals surface area contributed by atoms with Crippen molar-refractivity contribution in [3.63, 3.8) is 0 Å². The van der Waals surface area contributed by atoms with Gasteiger partial charge in [-0.2, -0.15) is 0 Å². The highest BCUT2D eigenvalue weighted by Crippen LogP contribution is 2.16. The van der Waals surface area contributed by atoms with Crippen molar-refractivity contribution in [3.8, 4) is 0 Å². The molecule has 1 amide bonds. The molecule has 0 saturated carbocycles. The zero-order valence-corrected chi connectivity index (χ0v) is 11.8. The monoisotopic (exact) mass is 265 g/mol. The van der Waals surface area contributed by atoms with Crippen molar-refractivity contribution in [2.24, 2.45) is 0 Å². The predicted molar refractivity (Wildman–Crippen MR) is 78.1 cm³/mol. The van der Waals surface area contributed by atoms with Crippen LogP contribution in [0.25, 0.3) is 0 Å². The van der Waals surface area contributed by atoms with E-state index in [0.29, 0.717) is 24.5 Å². The van der Waals surface area contributed by atoms with Crippen molar-refractivity contribution < 1.29 is 9.53 Å². The Kier molecular flexibility index (Phi) is 6.32. The summed E-state index contributed by atoms with van der Waals surface area (Å²) in [5, 5.41) is 2.79. The van der Waals surface area contributed by atoms with Gasteiger partial charge in [0.25, 0.3) is 0 Å². The van der Waals surface area contributed by atoms with Crippen LogP contribution in [0, 0.1) is 0 Å². The topological polar surface area (TPSA) is 67.6 Å². The zero-order chi connectivity index (χ0) is 14.3. The number of carbonyl (C=O) groups excluding carboxylic acids is 1.